The Morgan fingerprint density at radius 2 is 1.68 bits per heavy atom. The van der Waals surface area contributed by atoms with E-state index in [9.17, 15) is 14.0 Å². The van der Waals surface area contributed by atoms with E-state index in [1.54, 1.807) is 22.9 Å². The van der Waals surface area contributed by atoms with E-state index >= 15 is 0 Å². The van der Waals surface area contributed by atoms with Crippen molar-refractivity contribution < 1.29 is 9.18 Å². The number of H-pyrrole nitrogens is 1. The molecule has 1 aliphatic heterocycles. The summed E-state index contributed by atoms with van der Waals surface area (Å²) in [4.78, 5) is 31.2. The molecule has 1 aliphatic rings. The highest BCUT2D eigenvalue weighted by molar-refractivity contribution is 5.94. The lowest BCUT2D eigenvalue weighted by atomic mass is 10.0. The second-order valence-corrected chi connectivity index (χ2v) is 9.51. The number of rotatable bonds is 4. The summed E-state index contributed by atoms with van der Waals surface area (Å²) in [6.45, 7) is 3.06. The fourth-order valence-electron chi connectivity index (χ4n) is 5.10. The van der Waals surface area contributed by atoms with Crippen LogP contribution in [0.15, 0.2) is 83.7 Å². The molecule has 0 spiro atoms. The third-order valence-electron chi connectivity index (χ3n) is 7.09. The van der Waals surface area contributed by atoms with Crippen molar-refractivity contribution in [2.75, 3.05) is 13.1 Å². The number of nitrogens with one attached hydrogen (secondary N) is 1. The highest BCUT2D eigenvalue weighted by Gasteiger charge is 2.29. The number of halogens is 1. The average Bonchev–Trinajstić information content (AvgIpc) is 3.50. The van der Waals surface area contributed by atoms with Crippen molar-refractivity contribution in [2.45, 2.75) is 25.8 Å². The molecule has 1 N–H and O–H groups in total. The fourth-order valence-corrected chi connectivity index (χ4v) is 5.10. The van der Waals surface area contributed by atoms with Crippen molar-refractivity contribution in [2.24, 2.45) is 0 Å². The Hall–Kier alpha value is -4.46. The smallest absolute Gasteiger partial charge is 0.326 e. The largest absolute Gasteiger partial charge is 0.337 e. The molecular weight excluding hydrogens is 469 g/mol. The number of imidazole rings is 1. The molecule has 0 saturated carbocycles. The van der Waals surface area contributed by atoms with E-state index in [1.807, 2.05) is 64.9 Å². The minimum absolute atomic E-state index is 0.0180. The highest BCUT2D eigenvalue weighted by atomic mass is 19.1. The second-order valence-electron chi connectivity index (χ2n) is 9.51. The van der Waals surface area contributed by atoms with Gasteiger partial charge in [0.1, 0.15) is 11.5 Å². The van der Waals surface area contributed by atoms with Crippen molar-refractivity contribution in [1.82, 2.24) is 24.2 Å². The summed E-state index contributed by atoms with van der Waals surface area (Å²) in [6, 6.07) is 23.4. The van der Waals surface area contributed by atoms with Gasteiger partial charge in [-0.3, -0.25) is 9.36 Å². The number of benzene rings is 3. The molecule has 37 heavy (non-hydrogen) atoms. The lowest BCUT2D eigenvalue weighted by molar-refractivity contribution is 0.0685. The first kappa shape index (κ1) is 23.0. The van der Waals surface area contributed by atoms with Crippen LogP contribution in [0.1, 0.15) is 34.9 Å². The molecule has 3 aromatic carbocycles. The van der Waals surface area contributed by atoms with Crippen molar-refractivity contribution in [3.05, 3.63) is 106 Å². The molecule has 5 aromatic rings. The first-order chi connectivity index (χ1) is 18.0. The van der Waals surface area contributed by atoms with Gasteiger partial charge in [0.05, 0.1) is 22.4 Å². The van der Waals surface area contributed by atoms with Crippen LogP contribution < -0.4 is 5.69 Å². The van der Waals surface area contributed by atoms with Crippen LogP contribution >= 0.6 is 0 Å². The molecule has 0 radical (unpaired) electrons. The van der Waals surface area contributed by atoms with Crippen LogP contribution in [0.5, 0.6) is 0 Å². The molecule has 7 nitrogen and oxygen atoms in total. The zero-order valence-electron chi connectivity index (χ0n) is 20.4. The first-order valence-corrected chi connectivity index (χ1v) is 12.4. The average molecular weight is 496 g/mol. The van der Waals surface area contributed by atoms with Crippen LogP contribution in [0, 0.1) is 12.7 Å². The topological polar surface area (TPSA) is 75.9 Å². The predicted molar refractivity (Wildman–Crippen MR) is 140 cm³/mol. The van der Waals surface area contributed by atoms with E-state index in [0.29, 0.717) is 37.3 Å². The Kier molecular flexibility index (Phi) is 5.71. The van der Waals surface area contributed by atoms with Gasteiger partial charge in [-0.05, 0) is 74.4 Å². The number of aromatic nitrogens is 4. The molecule has 0 bridgehead atoms. The number of carbonyl (C=O) groups excluding carboxylic acids is 1. The van der Waals surface area contributed by atoms with E-state index in [0.717, 1.165) is 27.8 Å². The maximum atomic E-state index is 13.8. The Balaban J connectivity index is 1.29. The number of hydrogen-bond donors (Lipinski definition) is 1. The molecule has 8 heteroatoms. The van der Waals surface area contributed by atoms with Gasteiger partial charge in [-0.1, -0.05) is 29.8 Å². The summed E-state index contributed by atoms with van der Waals surface area (Å²) in [5, 5.41) is 4.72. The minimum atomic E-state index is -0.324. The monoisotopic (exact) mass is 495 g/mol. The Morgan fingerprint density at radius 1 is 0.973 bits per heavy atom. The van der Waals surface area contributed by atoms with Crippen LogP contribution in [0.2, 0.25) is 0 Å². The fraction of sp³-hybridized carbons (Fsp3) is 0.207. The number of amides is 1. The van der Waals surface area contributed by atoms with Gasteiger partial charge < -0.3 is 9.88 Å². The molecule has 6 rings (SSSR count). The molecule has 1 amide bonds. The standard InChI is InChI=1S/C29H26FN5O2/c1-19-6-12-23(13-7-19)35-27(18-25(32-35)20-8-10-21(30)11-9-20)28(36)33-16-14-22(15-17-33)34-26-5-3-2-4-24(26)31-29(34)37/h2-13,18,22H,14-17H2,1H3,(H,31,37). The van der Waals surface area contributed by atoms with Crippen molar-refractivity contribution >= 4 is 16.9 Å². The zero-order chi connectivity index (χ0) is 25.5. The molecule has 0 aliphatic carbocycles. The SMILES string of the molecule is Cc1ccc(-n2nc(-c3ccc(F)cc3)cc2C(=O)N2CCC(n3c(=O)[nH]c4ccccc43)CC2)cc1. The second kappa shape index (κ2) is 9.20. The van der Waals surface area contributed by atoms with Crippen LogP contribution in [0.4, 0.5) is 4.39 Å². The Labute approximate surface area is 212 Å². The molecular formula is C29H26FN5O2. The number of carbonyl (C=O) groups is 1. The summed E-state index contributed by atoms with van der Waals surface area (Å²) in [5.41, 5.74) is 5.26. The number of hydrogen-bond acceptors (Lipinski definition) is 3. The van der Waals surface area contributed by atoms with Gasteiger partial charge in [-0.25, -0.2) is 13.9 Å². The van der Waals surface area contributed by atoms with Gasteiger partial charge in [0.2, 0.25) is 0 Å². The molecule has 3 heterocycles. The van der Waals surface area contributed by atoms with E-state index in [2.05, 4.69) is 4.98 Å². The lowest BCUT2D eigenvalue weighted by Crippen LogP contribution is -2.41. The molecule has 2 aromatic heterocycles. The maximum absolute atomic E-state index is 13.8. The molecule has 1 saturated heterocycles. The molecule has 0 atom stereocenters. The van der Waals surface area contributed by atoms with Crippen molar-refractivity contribution in [3.8, 4) is 16.9 Å². The van der Waals surface area contributed by atoms with Gasteiger partial charge in [-0.2, -0.15) is 5.10 Å². The normalized spacial score (nSPS) is 14.4. The summed E-state index contributed by atoms with van der Waals surface area (Å²) < 4.78 is 17.0. The summed E-state index contributed by atoms with van der Waals surface area (Å²) in [5.74, 6) is -0.443. The highest BCUT2D eigenvalue weighted by Crippen LogP contribution is 2.28. The van der Waals surface area contributed by atoms with Gasteiger partial charge in [-0.15, -0.1) is 0 Å². The lowest BCUT2D eigenvalue weighted by Gasteiger charge is -2.32. The summed E-state index contributed by atoms with van der Waals surface area (Å²) >= 11 is 0. The van der Waals surface area contributed by atoms with E-state index in [4.69, 9.17) is 5.10 Å². The number of para-hydroxylation sites is 2. The molecule has 186 valence electrons. The zero-order valence-corrected chi connectivity index (χ0v) is 20.4. The summed E-state index contributed by atoms with van der Waals surface area (Å²) in [6.07, 6.45) is 1.36. The van der Waals surface area contributed by atoms with Gasteiger partial charge in [0.25, 0.3) is 5.91 Å². The van der Waals surface area contributed by atoms with Crippen LogP contribution in [0.3, 0.4) is 0 Å². The van der Waals surface area contributed by atoms with Crippen LogP contribution in [-0.4, -0.2) is 43.2 Å². The number of likely N-dealkylation sites (tertiary alicyclic amines) is 1. The van der Waals surface area contributed by atoms with Gasteiger partial charge in [0, 0.05) is 24.7 Å². The number of aromatic amines is 1. The Bertz CT molecular complexity index is 1640. The predicted octanol–water partition coefficient (Wildman–Crippen LogP) is 5.11. The summed E-state index contributed by atoms with van der Waals surface area (Å²) in [7, 11) is 0. The van der Waals surface area contributed by atoms with E-state index in [-0.39, 0.29) is 23.5 Å². The minimum Gasteiger partial charge on any atom is -0.337 e. The van der Waals surface area contributed by atoms with Crippen molar-refractivity contribution in [1.29, 1.82) is 0 Å². The first-order valence-electron chi connectivity index (χ1n) is 12.4. The van der Waals surface area contributed by atoms with Crippen LogP contribution in [-0.2, 0) is 0 Å². The number of piperidine rings is 1. The van der Waals surface area contributed by atoms with E-state index < -0.39 is 0 Å². The van der Waals surface area contributed by atoms with Crippen LogP contribution in [0.25, 0.3) is 28.0 Å². The third-order valence-corrected chi connectivity index (χ3v) is 7.09. The maximum Gasteiger partial charge on any atom is 0.326 e. The number of nitrogens with zero attached hydrogens (tertiary/aromatic N) is 4. The van der Waals surface area contributed by atoms with Gasteiger partial charge >= 0.3 is 5.69 Å². The Morgan fingerprint density at radius 3 is 2.41 bits per heavy atom. The van der Waals surface area contributed by atoms with E-state index in [1.165, 1.54) is 12.1 Å². The number of aryl methyl sites for hydroxylation is 1. The quantitative estimate of drug-likeness (QED) is 0.377. The molecule has 0 unspecified atom stereocenters. The van der Waals surface area contributed by atoms with Gasteiger partial charge in [0.15, 0.2) is 0 Å². The number of fused-ring (bicyclic) bond motifs is 1. The van der Waals surface area contributed by atoms with Crippen molar-refractivity contribution in [3.63, 3.8) is 0 Å². The molecule has 1 fully saturated rings. The third kappa shape index (κ3) is 4.24.